The zero-order chi connectivity index (χ0) is 14.4. The Morgan fingerprint density at radius 2 is 1.95 bits per heavy atom. The van der Waals surface area contributed by atoms with Crippen molar-refractivity contribution in [3.05, 3.63) is 23.3 Å². The maximum atomic E-state index is 11.7. The molecule has 0 aliphatic carbocycles. The van der Waals surface area contributed by atoms with Gasteiger partial charge in [-0.3, -0.25) is 4.79 Å². The molecular formula is C15H23NO3. The van der Waals surface area contributed by atoms with Gasteiger partial charge in [0, 0.05) is 24.1 Å². The fraction of sp³-hybridized carbons (Fsp3) is 0.533. The molecule has 0 saturated carbocycles. The monoisotopic (exact) mass is 265 g/mol. The lowest BCUT2D eigenvalue weighted by atomic mass is 10.1. The Labute approximate surface area is 115 Å². The van der Waals surface area contributed by atoms with E-state index >= 15 is 0 Å². The first-order chi connectivity index (χ1) is 8.99. The van der Waals surface area contributed by atoms with E-state index in [1.165, 1.54) is 0 Å². The van der Waals surface area contributed by atoms with Crippen LogP contribution in [-0.4, -0.2) is 20.1 Å². The number of amides is 1. The molecule has 1 N–H and O–H groups in total. The van der Waals surface area contributed by atoms with Crippen molar-refractivity contribution in [2.24, 2.45) is 5.92 Å². The highest BCUT2D eigenvalue weighted by atomic mass is 16.5. The Morgan fingerprint density at radius 3 is 2.47 bits per heavy atom. The van der Waals surface area contributed by atoms with E-state index in [0.29, 0.717) is 18.9 Å². The SMILES string of the molecule is COc1ccc(CNC(=O)CC(C)C)c(OC)c1C. The lowest BCUT2D eigenvalue weighted by molar-refractivity contribution is -0.121. The van der Waals surface area contributed by atoms with E-state index < -0.39 is 0 Å². The number of ether oxygens (including phenoxy) is 2. The molecule has 0 aromatic heterocycles. The molecule has 0 aliphatic rings. The van der Waals surface area contributed by atoms with Gasteiger partial charge < -0.3 is 14.8 Å². The molecular weight excluding hydrogens is 242 g/mol. The summed E-state index contributed by atoms with van der Waals surface area (Å²) in [5.74, 6) is 1.98. The van der Waals surface area contributed by atoms with Gasteiger partial charge in [0.15, 0.2) is 0 Å². The van der Waals surface area contributed by atoms with Crippen LogP contribution in [0.25, 0.3) is 0 Å². The van der Waals surface area contributed by atoms with Crippen LogP contribution in [0, 0.1) is 12.8 Å². The normalized spacial score (nSPS) is 10.4. The van der Waals surface area contributed by atoms with Gasteiger partial charge in [0.1, 0.15) is 11.5 Å². The molecule has 0 heterocycles. The van der Waals surface area contributed by atoms with Gasteiger partial charge in [-0.2, -0.15) is 0 Å². The number of hydrogen-bond donors (Lipinski definition) is 1. The third kappa shape index (κ3) is 4.16. The van der Waals surface area contributed by atoms with E-state index in [1.54, 1.807) is 14.2 Å². The van der Waals surface area contributed by atoms with E-state index in [9.17, 15) is 4.79 Å². The van der Waals surface area contributed by atoms with Gasteiger partial charge in [0.2, 0.25) is 5.91 Å². The maximum Gasteiger partial charge on any atom is 0.220 e. The standard InChI is InChI=1S/C15H23NO3/c1-10(2)8-14(17)16-9-12-6-7-13(18-4)11(3)15(12)19-5/h6-7,10H,8-9H2,1-5H3,(H,16,17). The van der Waals surface area contributed by atoms with Gasteiger partial charge in [-0.1, -0.05) is 13.8 Å². The molecule has 0 saturated heterocycles. The van der Waals surface area contributed by atoms with Crippen molar-refractivity contribution in [1.82, 2.24) is 5.32 Å². The van der Waals surface area contributed by atoms with Crippen molar-refractivity contribution in [3.63, 3.8) is 0 Å². The molecule has 0 spiro atoms. The molecule has 1 aromatic rings. The van der Waals surface area contributed by atoms with Gasteiger partial charge in [-0.25, -0.2) is 0 Å². The smallest absolute Gasteiger partial charge is 0.220 e. The minimum Gasteiger partial charge on any atom is -0.496 e. The maximum absolute atomic E-state index is 11.7. The average Bonchev–Trinajstić information content (AvgIpc) is 2.35. The summed E-state index contributed by atoms with van der Waals surface area (Å²) in [6.07, 6.45) is 0.539. The Balaban J connectivity index is 2.79. The second-order valence-electron chi connectivity index (χ2n) is 4.96. The predicted octanol–water partition coefficient (Wildman–Crippen LogP) is 2.67. The Kier molecular flexibility index (Phi) is 5.67. The molecule has 0 fully saturated rings. The molecule has 106 valence electrons. The Hall–Kier alpha value is -1.71. The second kappa shape index (κ2) is 7.02. The second-order valence-corrected chi connectivity index (χ2v) is 4.96. The number of rotatable bonds is 6. The summed E-state index contributed by atoms with van der Waals surface area (Å²) in [7, 11) is 3.26. The number of nitrogens with one attached hydrogen (secondary N) is 1. The van der Waals surface area contributed by atoms with Crippen LogP contribution in [0.3, 0.4) is 0 Å². The molecule has 1 rings (SSSR count). The van der Waals surface area contributed by atoms with Crippen molar-refractivity contribution in [2.75, 3.05) is 14.2 Å². The largest absolute Gasteiger partial charge is 0.496 e. The van der Waals surface area contributed by atoms with E-state index in [1.807, 2.05) is 32.9 Å². The minimum atomic E-state index is 0.0607. The summed E-state index contributed by atoms with van der Waals surface area (Å²) < 4.78 is 10.7. The van der Waals surface area contributed by atoms with Gasteiger partial charge >= 0.3 is 0 Å². The quantitative estimate of drug-likeness (QED) is 0.860. The zero-order valence-corrected chi connectivity index (χ0v) is 12.4. The first kappa shape index (κ1) is 15.3. The van der Waals surface area contributed by atoms with Crippen LogP contribution in [0.2, 0.25) is 0 Å². The molecule has 4 heteroatoms. The third-order valence-corrected chi connectivity index (χ3v) is 2.93. The van der Waals surface area contributed by atoms with E-state index in [0.717, 1.165) is 22.6 Å². The van der Waals surface area contributed by atoms with Gasteiger partial charge in [0.25, 0.3) is 0 Å². The highest BCUT2D eigenvalue weighted by Crippen LogP contribution is 2.31. The van der Waals surface area contributed by atoms with Crippen LogP contribution < -0.4 is 14.8 Å². The fourth-order valence-electron chi connectivity index (χ4n) is 2.01. The van der Waals surface area contributed by atoms with Crippen molar-refractivity contribution >= 4 is 5.91 Å². The summed E-state index contributed by atoms with van der Waals surface area (Å²) in [5, 5.41) is 2.91. The molecule has 0 bridgehead atoms. The molecule has 0 unspecified atom stereocenters. The number of hydrogen-bond acceptors (Lipinski definition) is 3. The van der Waals surface area contributed by atoms with E-state index in [-0.39, 0.29) is 5.91 Å². The number of methoxy groups -OCH3 is 2. The van der Waals surface area contributed by atoms with Crippen molar-refractivity contribution < 1.29 is 14.3 Å². The average molecular weight is 265 g/mol. The van der Waals surface area contributed by atoms with Gasteiger partial charge in [-0.05, 0) is 25.0 Å². The van der Waals surface area contributed by atoms with Gasteiger partial charge in [0.05, 0.1) is 14.2 Å². The lowest BCUT2D eigenvalue weighted by Crippen LogP contribution is -2.24. The molecule has 0 atom stereocenters. The molecule has 0 radical (unpaired) electrons. The summed E-state index contributed by atoms with van der Waals surface area (Å²) in [6.45, 7) is 6.46. The summed E-state index contributed by atoms with van der Waals surface area (Å²) in [5.41, 5.74) is 1.90. The number of carbonyl (C=O) groups excluding carboxylic acids is 1. The molecule has 0 aliphatic heterocycles. The van der Waals surface area contributed by atoms with Crippen molar-refractivity contribution in [1.29, 1.82) is 0 Å². The predicted molar refractivity (Wildman–Crippen MR) is 75.6 cm³/mol. The van der Waals surface area contributed by atoms with Crippen LogP contribution in [0.5, 0.6) is 11.5 Å². The molecule has 19 heavy (non-hydrogen) atoms. The fourth-order valence-corrected chi connectivity index (χ4v) is 2.01. The van der Waals surface area contributed by atoms with Crippen molar-refractivity contribution in [3.8, 4) is 11.5 Å². The van der Waals surface area contributed by atoms with Gasteiger partial charge in [-0.15, -0.1) is 0 Å². The highest BCUT2D eigenvalue weighted by molar-refractivity contribution is 5.76. The van der Waals surface area contributed by atoms with Crippen LogP contribution in [0.4, 0.5) is 0 Å². The van der Waals surface area contributed by atoms with E-state index in [2.05, 4.69) is 5.32 Å². The first-order valence-corrected chi connectivity index (χ1v) is 6.46. The van der Waals surface area contributed by atoms with E-state index in [4.69, 9.17) is 9.47 Å². The Morgan fingerprint density at radius 1 is 1.26 bits per heavy atom. The lowest BCUT2D eigenvalue weighted by Gasteiger charge is -2.15. The van der Waals surface area contributed by atoms with Crippen LogP contribution >= 0.6 is 0 Å². The topological polar surface area (TPSA) is 47.6 Å². The highest BCUT2D eigenvalue weighted by Gasteiger charge is 2.12. The number of benzene rings is 1. The molecule has 1 amide bonds. The van der Waals surface area contributed by atoms with Crippen LogP contribution in [0.1, 0.15) is 31.4 Å². The first-order valence-electron chi connectivity index (χ1n) is 6.46. The van der Waals surface area contributed by atoms with Crippen LogP contribution in [0.15, 0.2) is 12.1 Å². The number of carbonyl (C=O) groups is 1. The third-order valence-electron chi connectivity index (χ3n) is 2.93. The molecule has 1 aromatic carbocycles. The Bertz CT molecular complexity index is 441. The zero-order valence-electron chi connectivity index (χ0n) is 12.4. The molecule has 4 nitrogen and oxygen atoms in total. The summed E-state index contributed by atoms with van der Waals surface area (Å²) in [4.78, 5) is 11.7. The summed E-state index contributed by atoms with van der Waals surface area (Å²) in [6, 6.07) is 3.81. The minimum absolute atomic E-state index is 0.0607. The summed E-state index contributed by atoms with van der Waals surface area (Å²) >= 11 is 0. The van der Waals surface area contributed by atoms with Crippen LogP contribution in [-0.2, 0) is 11.3 Å². The van der Waals surface area contributed by atoms with Crippen molar-refractivity contribution in [2.45, 2.75) is 33.7 Å².